The van der Waals surface area contributed by atoms with Crippen molar-refractivity contribution in [3.63, 3.8) is 0 Å². The standard InChI is InChI=1S/C18H19N3O2S/c1-13(15-8-3-4-9-16(15)23-2)20-17(22)12-24-18-19-11-14-7-5-6-10-21(14)18/h3-11,13H,12H2,1-2H3,(H,20,22). The topological polar surface area (TPSA) is 55.6 Å². The number of rotatable bonds is 6. The maximum absolute atomic E-state index is 12.2. The SMILES string of the molecule is COc1ccccc1C(C)NC(=O)CSc1ncc2ccccn12. The van der Waals surface area contributed by atoms with Crippen LogP contribution in [-0.2, 0) is 4.79 Å². The number of nitrogens with zero attached hydrogens (tertiary/aromatic N) is 2. The van der Waals surface area contributed by atoms with Gasteiger partial charge in [-0.1, -0.05) is 36.0 Å². The van der Waals surface area contributed by atoms with Crippen LogP contribution in [0, 0.1) is 0 Å². The zero-order valence-electron chi connectivity index (χ0n) is 13.6. The van der Waals surface area contributed by atoms with Crippen LogP contribution in [0.5, 0.6) is 5.75 Å². The van der Waals surface area contributed by atoms with Gasteiger partial charge in [0.1, 0.15) is 5.75 Å². The fourth-order valence-corrected chi connectivity index (χ4v) is 3.32. The summed E-state index contributed by atoms with van der Waals surface area (Å²) in [6.07, 6.45) is 3.75. The van der Waals surface area contributed by atoms with E-state index in [1.807, 2.05) is 60.0 Å². The average Bonchev–Trinajstić information content (AvgIpc) is 3.03. The van der Waals surface area contributed by atoms with Crippen molar-refractivity contribution in [3.8, 4) is 5.75 Å². The molecule has 2 aromatic heterocycles. The van der Waals surface area contributed by atoms with E-state index in [1.165, 1.54) is 11.8 Å². The summed E-state index contributed by atoms with van der Waals surface area (Å²) in [5.74, 6) is 1.05. The second-order valence-corrected chi connectivity index (χ2v) is 6.30. The summed E-state index contributed by atoms with van der Waals surface area (Å²) >= 11 is 1.42. The van der Waals surface area contributed by atoms with Crippen LogP contribution in [0.25, 0.3) is 5.52 Å². The summed E-state index contributed by atoms with van der Waals surface area (Å²) in [6.45, 7) is 1.95. The van der Waals surface area contributed by atoms with Crippen LogP contribution < -0.4 is 10.1 Å². The Balaban J connectivity index is 1.61. The van der Waals surface area contributed by atoms with E-state index in [-0.39, 0.29) is 11.9 Å². The minimum atomic E-state index is -0.119. The third-order valence-corrected chi connectivity index (χ3v) is 4.69. The van der Waals surface area contributed by atoms with Gasteiger partial charge in [0.05, 0.1) is 30.6 Å². The smallest absolute Gasteiger partial charge is 0.230 e. The number of hydrogen-bond acceptors (Lipinski definition) is 4. The monoisotopic (exact) mass is 341 g/mol. The number of pyridine rings is 1. The highest BCUT2D eigenvalue weighted by molar-refractivity contribution is 7.99. The number of hydrogen-bond donors (Lipinski definition) is 1. The molecule has 0 bridgehead atoms. The summed E-state index contributed by atoms with van der Waals surface area (Å²) in [5.41, 5.74) is 1.98. The van der Waals surface area contributed by atoms with E-state index in [2.05, 4.69) is 10.3 Å². The summed E-state index contributed by atoms with van der Waals surface area (Å²) in [7, 11) is 1.63. The van der Waals surface area contributed by atoms with Gasteiger partial charge in [-0.25, -0.2) is 4.98 Å². The molecule has 0 aliphatic heterocycles. The quantitative estimate of drug-likeness (QED) is 0.699. The van der Waals surface area contributed by atoms with Gasteiger partial charge in [0.2, 0.25) is 5.91 Å². The van der Waals surface area contributed by atoms with Crippen LogP contribution in [0.2, 0.25) is 0 Å². The van der Waals surface area contributed by atoms with Gasteiger partial charge in [0.25, 0.3) is 0 Å². The van der Waals surface area contributed by atoms with E-state index < -0.39 is 0 Å². The molecule has 0 aliphatic rings. The normalized spacial score (nSPS) is 12.1. The lowest BCUT2D eigenvalue weighted by Gasteiger charge is -2.17. The molecule has 1 N–H and O–H groups in total. The Bertz CT molecular complexity index is 847. The second-order valence-electron chi connectivity index (χ2n) is 5.36. The Kier molecular flexibility index (Phi) is 5.05. The van der Waals surface area contributed by atoms with Crippen molar-refractivity contribution in [2.24, 2.45) is 0 Å². The number of carbonyl (C=O) groups is 1. The number of aromatic nitrogens is 2. The predicted octanol–water partition coefficient (Wildman–Crippen LogP) is 3.31. The molecule has 0 spiro atoms. The number of carbonyl (C=O) groups excluding carboxylic acids is 1. The first-order valence-electron chi connectivity index (χ1n) is 7.66. The molecule has 1 atom stereocenters. The summed E-state index contributed by atoms with van der Waals surface area (Å²) in [5, 5.41) is 3.82. The summed E-state index contributed by atoms with van der Waals surface area (Å²) in [6, 6.07) is 13.5. The maximum Gasteiger partial charge on any atom is 0.230 e. The highest BCUT2D eigenvalue weighted by atomic mass is 32.2. The first kappa shape index (κ1) is 16.4. The van der Waals surface area contributed by atoms with Gasteiger partial charge in [0.15, 0.2) is 5.16 Å². The summed E-state index contributed by atoms with van der Waals surface area (Å²) < 4.78 is 7.32. The van der Waals surface area contributed by atoms with Gasteiger partial charge in [-0.15, -0.1) is 0 Å². The molecular weight excluding hydrogens is 322 g/mol. The molecule has 1 amide bonds. The van der Waals surface area contributed by atoms with Gasteiger partial charge >= 0.3 is 0 Å². The Morgan fingerprint density at radius 3 is 2.92 bits per heavy atom. The van der Waals surface area contributed by atoms with E-state index >= 15 is 0 Å². The van der Waals surface area contributed by atoms with E-state index in [1.54, 1.807) is 13.3 Å². The minimum absolute atomic E-state index is 0.0360. The van der Waals surface area contributed by atoms with Crippen molar-refractivity contribution in [2.75, 3.05) is 12.9 Å². The lowest BCUT2D eigenvalue weighted by Crippen LogP contribution is -2.28. The highest BCUT2D eigenvalue weighted by Crippen LogP contribution is 2.24. The molecule has 0 radical (unpaired) electrons. The zero-order valence-corrected chi connectivity index (χ0v) is 14.4. The Labute approximate surface area is 145 Å². The number of imidazole rings is 1. The molecule has 124 valence electrons. The van der Waals surface area contributed by atoms with Crippen molar-refractivity contribution in [1.29, 1.82) is 0 Å². The third-order valence-electron chi connectivity index (χ3n) is 3.72. The van der Waals surface area contributed by atoms with E-state index in [4.69, 9.17) is 4.74 Å². The molecule has 5 nitrogen and oxygen atoms in total. The molecular formula is C18H19N3O2S. The predicted molar refractivity (Wildman–Crippen MR) is 95.5 cm³/mol. The van der Waals surface area contributed by atoms with Crippen LogP contribution in [0.1, 0.15) is 18.5 Å². The van der Waals surface area contributed by atoms with Crippen molar-refractivity contribution in [3.05, 3.63) is 60.4 Å². The van der Waals surface area contributed by atoms with Crippen LogP contribution in [0.15, 0.2) is 60.0 Å². The molecule has 0 saturated carbocycles. The first-order valence-corrected chi connectivity index (χ1v) is 8.65. The average molecular weight is 341 g/mol. The molecule has 0 fully saturated rings. The number of ether oxygens (including phenoxy) is 1. The fraction of sp³-hybridized carbons (Fsp3) is 0.222. The van der Waals surface area contributed by atoms with E-state index in [0.29, 0.717) is 5.75 Å². The Hall–Kier alpha value is -2.47. The number of fused-ring (bicyclic) bond motifs is 1. The molecule has 3 rings (SSSR count). The molecule has 1 unspecified atom stereocenters. The van der Waals surface area contributed by atoms with Crippen LogP contribution in [0.4, 0.5) is 0 Å². The van der Waals surface area contributed by atoms with Crippen molar-refractivity contribution < 1.29 is 9.53 Å². The van der Waals surface area contributed by atoms with Gasteiger partial charge < -0.3 is 10.1 Å². The van der Waals surface area contributed by atoms with Crippen molar-refractivity contribution >= 4 is 23.2 Å². The largest absolute Gasteiger partial charge is 0.496 e. The second kappa shape index (κ2) is 7.40. The lowest BCUT2D eigenvalue weighted by molar-refractivity contribution is -0.119. The highest BCUT2D eigenvalue weighted by Gasteiger charge is 2.14. The first-order chi connectivity index (χ1) is 11.7. The van der Waals surface area contributed by atoms with Gasteiger partial charge in [-0.05, 0) is 25.1 Å². The van der Waals surface area contributed by atoms with E-state index in [9.17, 15) is 4.79 Å². The fourth-order valence-electron chi connectivity index (χ4n) is 2.54. The van der Waals surface area contributed by atoms with Crippen molar-refractivity contribution in [1.82, 2.24) is 14.7 Å². The molecule has 1 aromatic carbocycles. The molecule has 2 heterocycles. The molecule has 0 aliphatic carbocycles. The number of para-hydroxylation sites is 1. The number of benzene rings is 1. The number of amides is 1. The summed E-state index contributed by atoms with van der Waals surface area (Å²) in [4.78, 5) is 16.6. The number of thioether (sulfide) groups is 1. The molecule has 6 heteroatoms. The lowest BCUT2D eigenvalue weighted by atomic mass is 10.1. The maximum atomic E-state index is 12.2. The van der Waals surface area contributed by atoms with Crippen LogP contribution >= 0.6 is 11.8 Å². The van der Waals surface area contributed by atoms with Crippen LogP contribution in [0.3, 0.4) is 0 Å². The number of nitrogens with one attached hydrogen (secondary N) is 1. The van der Waals surface area contributed by atoms with Crippen LogP contribution in [-0.4, -0.2) is 28.2 Å². The third kappa shape index (κ3) is 3.54. The van der Waals surface area contributed by atoms with E-state index in [0.717, 1.165) is 22.0 Å². The molecule has 0 saturated heterocycles. The Morgan fingerprint density at radius 2 is 2.08 bits per heavy atom. The van der Waals surface area contributed by atoms with Gasteiger partial charge in [-0.3, -0.25) is 9.20 Å². The van der Waals surface area contributed by atoms with Gasteiger partial charge in [-0.2, -0.15) is 0 Å². The van der Waals surface area contributed by atoms with Crippen molar-refractivity contribution in [2.45, 2.75) is 18.1 Å². The minimum Gasteiger partial charge on any atom is -0.496 e. The van der Waals surface area contributed by atoms with Gasteiger partial charge in [0, 0.05) is 11.8 Å². The molecule has 24 heavy (non-hydrogen) atoms. The number of methoxy groups -OCH3 is 1. The zero-order chi connectivity index (χ0) is 16.9. The molecule has 3 aromatic rings. The Morgan fingerprint density at radius 1 is 1.29 bits per heavy atom.